The Labute approximate surface area is 126 Å². The van der Waals surface area contributed by atoms with Gasteiger partial charge in [-0.3, -0.25) is 4.79 Å². The maximum Gasteiger partial charge on any atom is 0.251 e. The number of fused-ring (bicyclic) bond motifs is 1. The molecule has 1 heterocycles. The van der Waals surface area contributed by atoms with Crippen molar-refractivity contribution in [1.82, 2.24) is 10.2 Å². The van der Waals surface area contributed by atoms with Crippen LogP contribution in [0.25, 0.3) is 0 Å². The number of anilines is 1. The zero-order chi connectivity index (χ0) is 14.7. The number of amides is 1. The minimum absolute atomic E-state index is 0.0459. The van der Waals surface area contributed by atoms with E-state index in [2.05, 4.69) is 22.6 Å². The molecule has 4 heteroatoms. The molecule has 21 heavy (non-hydrogen) atoms. The van der Waals surface area contributed by atoms with Crippen molar-refractivity contribution in [2.24, 2.45) is 0 Å². The summed E-state index contributed by atoms with van der Waals surface area (Å²) in [4.78, 5) is 14.6. The predicted octanol–water partition coefficient (Wildman–Crippen LogP) is 2.26. The van der Waals surface area contributed by atoms with Crippen LogP contribution in [0.2, 0.25) is 0 Å². The molecule has 1 aliphatic carbocycles. The lowest BCUT2D eigenvalue weighted by molar-refractivity contribution is 0.0947. The SMILES string of the molecule is CN(CCNC(=O)c1ccc2c(c1)CCN2)C1CCCC1. The molecule has 4 nitrogen and oxygen atoms in total. The molecule has 0 spiro atoms. The van der Waals surface area contributed by atoms with Gasteiger partial charge in [-0.15, -0.1) is 0 Å². The summed E-state index contributed by atoms with van der Waals surface area (Å²) in [5.41, 5.74) is 3.21. The first-order valence-electron chi connectivity index (χ1n) is 8.09. The van der Waals surface area contributed by atoms with Gasteiger partial charge in [-0.25, -0.2) is 0 Å². The lowest BCUT2D eigenvalue weighted by Crippen LogP contribution is -2.37. The minimum Gasteiger partial charge on any atom is -0.384 e. The number of carbonyl (C=O) groups is 1. The lowest BCUT2D eigenvalue weighted by atomic mass is 10.1. The smallest absolute Gasteiger partial charge is 0.251 e. The van der Waals surface area contributed by atoms with Crippen LogP contribution in [0.15, 0.2) is 18.2 Å². The minimum atomic E-state index is 0.0459. The Morgan fingerprint density at radius 2 is 2.19 bits per heavy atom. The fourth-order valence-electron chi connectivity index (χ4n) is 3.42. The van der Waals surface area contributed by atoms with E-state index in [4.69, 9.17) is 0 Å². The van der Waals surface area contributed by atoms with Crippen LogP contribution in [-0.2, 0) is 6.42 Å². The van der Waals surface area contributed by atoms with Crippen molar-refractivity contribution in [3.8, 4) is 0 Å². The molecule has 1 amide bonds. The third-order valence-electron chi connectivity index (χ3n) is 4.78. The summed E-state index contributed by atoms with van der Waals surface area (Å²) in [5.74, 6) is 0.0459. The first-order chi connectivity index (χ1) is 10.2. The third-order valence-corrected chi connectivity index (χ3v) is 4.78. The molecular formula is C17H25N3O. The number of nitrogens with one attached hydrogen (secondary N) is 2. The van der Waals surface area contributed by atoms with Crippen molar-refractivity contribution >= 4 is 11.6 Å². The summed E-state index contributed by atoms with van der Waals surface area (Å²) in [7, 11) is 2.17. The van der Waals surface area contributed by atoms with Gasteiger partial charge in [-0.1, -0.05) is 12.8 Å². The average molecular weight is 287 g/mol. The van der Waals surface area contributed by atoms with Gasteiger partial charge >= 0.3 is 0 Å². The van der Waals surface area contributed by atoms with Gasteiger partial charge in [0.05, 0.1) is 0 Å². The highest BCUT2D eigenvalue weighted by Crippen LogP contribution is 2.23. The summed E-state index contributed by atoms with van der Waals surface area (Å²) >= 11 is 0. The van der Waals surface area contributed by atoms with Crippen molar-refractivity contribution in [2.75, 3.05) is 32.0 Å². The average Bonchev–Trinajstić information content (AvgIpc) is 3.17. The van der Waals surface area contributed by atoms with Crippen molar-refractivity contribution in [3.05, 3.63) is 29.3 Å². The third kappa shape index (κ3) is 3.38. The first kappa shape index (κ1) is 14.4. The molecule has 2 aliphatic rings. The van der Waals surface area contributed by atoms with E-state index >= 15 is 0 Å². The Morgan fingerprint density at radius 1 is 1.38 bits per heavy atom. The molecule has 0 saturated heterocycles. The molecule has 0 unspecified atom stereocenters. The zero-order valence-corrected chi connectivity index (χ0v) is 12.8. The maximum atomic E-state index is 12.2. The van der Waals surface area contributed by atoms with E-state index in [1.54, 1.807) is 0 Å². The van der Waals surface area contributed by atoms with E-state index in [1.807, 2.05) is 18.2 Å². The Hall–Kier alpha value is -1.55. The van der Waals surface area contributed by atoms with E-state index in [-0.39, 0.29) is 5.91 Å². The number of hydrogen-bond acceptors (Lipinski definition) is 3. The number of rotatable bonds is 5. The number of benzene rings is 1. The van der Waals surface area contributed by atoms with Crippen molar-refractivity contribution in [3.63, 3.8) is 0 Å². The summed E-state index contributed by atoms with van der Waals surface area (Å²) in [6.45, 7) is 2.64. The van der Waals surface area contributed by atoms with Crippen LogP contribution in [-0.4, -0.2) is 43.5 Å². The number of nitrogens with zero attached hydrogens (tertiary/aromatic N) is 1. The van der Waals surface area contributed by atoms with E-state index in [1.165, 1.54) is 36.9 Å². The largest absolute Gasteiger partial charge is 0.384 e. The van der Waals surface area contributed by atoms with Gasteiger partial charge in [0, 0.05) is 36.9 Å². The summed E-state index contributed by atoms with van der Waals surface area (Å²) in [6.07, 6.45) is 6.33. The normalized spacial score (nSPS) is 17.8. The van der Waals surface area contributed by atoms with Crippen LogP contribution in [0.1, 0.15) is 41.6 Å². The summed E-state index contributed by atoms with van der Waals surface area (Å²) in [5, 5.41) is 6.36. The number of hydrogen-bond donors (Lipinski definition) is 2. The van der Waals surface area contributed by atoms with Crippen molar-refractivity contribution in [2.45, 2.75) is 38.1 Å². The second-order valence-electron chi connectivity index (χ2n) is 6.22. The van der Waals surface area contributed by atoms with Crippen LogP contribution >= 0.6 is 0 Å². The summed E-state index contributed by atoms with van der Waals surface area (Å²) < 4.78 is 0. The fraction of sp³-hybridized carbons (Fsp3) is 0.588. The highest BCUT2D eigenvalue weighted by atomic mass is 16.1. The fourth-order valence-corrected chi connectivity index (χ4v) is 3.42. The maximum absolute atomic E-state index is 12.2. The molecule has 2 N–H and O–H groups in total. The zero-order valence-electron chi connectivity index (χ0n) is 12.8. The molecule has 1 aromatic carbocycles. The molecule has 0 aromatic heterocycles. The van der Waals surface area contributed by atoms with Gasteiger partial charge < -0.3 is 15.5 Å². The highest BCUT2D eigenvalue weighted by Gasteiger charge is 2.19. The Morgan fingerprint density at radius 3 is 3.00 bits per heavy atom. The van der Waals surface area contributed by atoms with Gasteiger partial charge in [-0.2, -0.15) is 0 Å². The Kier molecular flexibility index (Phi) is 4.44. The van der Waals surface area contributed by atoms with Gasteiger partial charge in [0.15, 0.2) is 0 Å². The van der Waals surface area contributed by atoms with E-state index in [0.717, 1.165) is 31.6 Å². The first-order valence-corrected chi connectivity index (χ1v) is 8.09. The van der Waals surface area contributed by atoms with Gasteiger partial charge in [0.1, 0.15) is 0 Å². The molecule has 1 aliphatic heterocycles. The van der Waals surface area contributed by atoms with Crippen LogP contribution in [0.4, 0.5) is 5.69 Å². The second-order valence-corrected chi connectivity index (χ2v) is 6.22. The molecule has 0 atom stereocenters. The highest BCUT2D eigenvalue weighted by molar-refractivity contribution is 5.95. The molecular weight excluding hydrogens is 262 g/mol. The van der Waals surface area contributed by atoms with E-state index < -0.39 is 0 Å². The van der Waals surface area contributed by atoms with E-state index in [9.17, 15) is 4.79 Å². The number of likely N-dealkylation sites (N-methyl/N-ethyl adjacent to an activating group) is 1. The predicted molar refractivity (Wildman–Crippen MR) is 85.9 cm³/mol. The number of carbonyl (C=O) groups excluding carboxylic acids is 1. The molecule has 0 radical (unpaired) electrons. The lowest BCUT2D eigenvalue weighted by Gasteiger charge is -2.23. The van der Waals surface area contributed by atoms with Crippen LogP contribution in [0, 0.1) is 0 Å². The van der Waals surface area contributed by atoms with E-state index in [0.29, 0.717) is 6.04 Å². The Balaban J connectivity index is 1.47. The van der Waals surface area contributed by atoms with Gasteiger partial charge in [0.25, 0.3) is 5.91 Å². The summed E-state index contributed by atoms with van der Waals surface area (Å²) in [6, 6.07) is 6.66. The van der Waals surface area contributed by atoms with Crippen molar-refractivity contribution < 1.29 is 4.79 Å². The van der Waals surface area contributed by atoms with Crippen LogP contribution in [0.5, 0.6) is 0 Å². The van der Waals surface area contributed by atoms with Gasteiger partial charge in [0.2, 0.25) is 0 Å². The van der Waals surface area contributed by atoms with Crippen LogP contribution < -0.4 is 10.6 Å². The van der Waals surface area contributed by atoms with Crippen molar-refractivity contribution in [1.29, 1.82) is 0 Å². The monoisotopic (exact) mass is 287 g/mol. The van der Waals surface area contributed by atoms with Gasteiger partial charge in [-0.05, 0) is 50.1 Å². The second kappa shape index (κ2) is 6.48. The molecule has 3 rings (SSSR count). The molecule has 0 bridgehead atoms. The quantitative estimate of drug-likeness (QED) is 0.873. The molecule has 1 aromatic rings. The Bertz CT molecular complexity index is 509. The molecule has 114 valence electrons. The standard InChI is InChI=1S/C17H25N3O/c1-20(15-4-2-3-5-15)11-10-19-17(21)14-6-7-16-13(12-14)8-9-18-16/h6-7,12,15,18H,2-5,8-11H2,1H3,(H,19,21). The molecule has 1 saturated carbocycles. The molecule has 1 fully saturated rings. The topological polar surface area (TPSA) is 44.4 Å². The van der Waals surface area contributed by atoms with Crippen LogP contribution in [0.3, 0.4) is 0 Å².